The molecule has 25 heavy (non-hydrogen) atoms. The summed E-state index contributed by atoms with van der Waals surface area (Å²) in [6.45, 7) is 12.1. The number of carbonyl (C=O) groups is 2. The summed E-state index contributed by atoms with van der Waals surface area (Å²) in [7, 11) is 1.60. The second-order valence-corrected chi connectivity index (χ2v) is 6.10. The molecule has 2 N–H and O–H groups in total. The Morgan fingerprint density at radius 2 is 1.84 bits per heavy atom. The van der Waals surface area contributed by atoms with Crippen LogP contribution in [0.25, 0.3) is 0 Å². The Balaban J connectivity index is 2.56. The Bertz CT molecular complexity index is 584. The number of quaternary nitrogens is 1. The highest BCUT2D eigenvalue weighted by Gasteiger charge is 2.20. The van der Waals surface area contributed by atoms with E-state index in [1.807, 2.05) is 20.8 Å². The van der Waals surface area contributed by atoms with Gasteiger partial charge < -0.3 is 19.9 Å². The predicted octanol–water partition coefficient (Wildman–Crippen LogP) is 0.963. The van der Waals surface area contributed by atoms with Gasteiger partial charge in [0.2, 0.25) is 0 Å². The molecule has 0 aliphatic heterocycles. The number of anilines is 1. The summed E-state index contributed by atoms with van der Waals surface area (Å²) in [4.78, 5) is 27.3. The van der Waals surface area contributed by atoms with Crippen molar-refractivity contribution in [1.29, 1.82) is 0 Å². The molecule has 1 unspecified atom stereocenters. The van der Waals surface area contributed by atoms with E-state index in [9.17, 15) is 9.59 Å². The standard InChI is InChI=1S/C19H29N3O3/c1-6-21(14-19(24)22(7-2)12-15(3)4)13-18(23)20-16-8-10-17(25-5)11-9-16/h8-11H,3,6-7,12-14H2,1-2,4-5H3,(H,20,23)/p+1. The molecule has 0 aromatic heterocycles. The van der Waals surface area contributed by atoms with Crippen LogP contribution in [-0.4, -0.2) is 56.5 Å². The van der Waals surface area contributed by atoms with Crippen molar-refractivity contribution < 1.29 is 19.2 Å². The van der Waals surface area contributed by atoms with Gasteiger partial charge in [-0.15, -0.1) is 0 Å². The van der Waals surface area contributed by atoms with Crippen LogP contribution in [0.2, 0.25) is 0 Å². The zero-order chi connectivity index (χ0) is 18.8. The number of carbonyl (C=O) groups excluding carboxylic acids is 2. The Kier molecular flexibility index (Phi) is 8.70. The first-order chi connectivity index (χ1) is 11.9. The normalized spacial score (nSPS) is 11.5. The third-order valence-electron chi connectivity index (χ3n) is 3.88. The van der Waals surface area contributed by atoms with E-state index < -0.39 is 0 Å². The number of hydrogen-bond donors (Lipinski definition) is 2. The van der Waals surface area contributed by atoms with Crippen molar-refractivity contribution in [1.82, 2.24) is 4.90 Å². The van der Waals surface area contributed by atoms with Gasteiger partial charge in [0.05, 0.1) is 13.7 Å². The number of ether oxygens (including phenoxy) is 1. The zero-order valence-corrected chi connectivity index (χ0v) is 15.7. The third kappa shape index (κ3) is 7.39. The molecule has 1 atom stereocenters. The minimum Gasteiger partial charge on any atom is -0.497 e. The van der Waals surface area contributed by atoms with Crippen molar-refractivity contribution in [3.05, 3.63) is 36.4 Å². The lowest BCUT2D eigenvalue weighted by atomic mass is 10.3. The number of methoxy groups -OCH3 is 1. The second-order valence-electron chi connectivity index (χ2n) is 6.10. The quantitative estimate of drug-likeness (QED) is 0.619. The molecule has 6 heteroatoms. The maximum atomic E-state index is 12.4. The maximum absolute atomic E-state index is 12.4. The van der Waals surface area contributed by atoms with Crippen molar-refractivity contribution >= 4 is 17.5 Å². The molecule has 0 fully saturated rings. The number of rotatable bonds is 10. The molecule has 0 aliphatic rings. The summed E-state index contributed by atoms with van der Waals surface area (Å²) in [6.07, 6.45) is 0. The first kappa shape index (κ1) is 20.7. The molecular formula is C19H30N3O3+. The van der Waals surface area contributed by atoms with E-state index in [1.165, 1.54) is 0 Å². The largest absolute Gasteiger partial charge is 0.497 e. The van der Waals surface area contributed by atoms with Gasteiger partial charge in [0.15, 0.2) is 13.1 Å². The van der Waals surface area contributed by atoms with Crippen molar-refractivity contribution in [3.63, 3.8) is 0 Å². The number of hydrogen-bond acceptors (Lipinski definition) is 3. The van der Waals surface area contributed by atoms with Crippen LogP contribution >= 0.6 is 0 Å². The van der Waals surface area contributed by atoms with E-state index in [0.29, 0.717) is 31.9 Å². The van der Waals surface area contributed by atoms with Crippen LogP contribution in [0.4, 0.5) is 5.69 Å². The maximum Gasteiger partial charge on any atom is 0.279 e. The van der Waals surface area contributed by atoms with Crippen LogP contribution in [0.1, 0.15) is 20.8 Å². The van der Waals surface area contributed by atoms with Crippen LogP contribution in [0, 0.1) is 0 Å². The highest BCUT2D eigenvalue weighted by molar-refractivity contribution is 5.91. The molecule has 0 bridgehead atoms. The van der Waals surface area contributed by atoms with E-state index >= 15 is 0 Å². The minimum atomic E-state index is -0.113. The minimum absolute atomic E-state index is 0.0413. The van der Waals surface area contributed by atoms with E-state index in [1.54, 1.807) is 36.3 Å². The van der Waals surface area contributed by atoms with Crippen molar-refractivity contribution in [2.75, 3.05) is 45.2 Å². The molecule has 2 amide bonds. The van der Waals surface area contributed by atoms with Gasteiger partial charge in [-0.2, -0.15) is 0 Å². The Morgan fingerprint density at radius 3 is 2.32 bits per heavy atom. The Hall–Kier alpha value is -2.34. The highest BCUT2D eigenvalue weighted by Crippen LogP contribution is 2.14. The monoisotopic (exact) mass is 348 g/mol. The Morgan fingerprint density at radius 1 is 1.20 bits per heavy atom. The molecule has 0 radical (unpaired) electrons. The topological polar surface area (TPSA) is 63.1 Å². The smallest absolute Gasteiger partial charge is 0.279 e. The molecule has 1 rings (SSSR count). The lowest BCUT2D eigenvalue weighted by molar-refractivity contribution is -0.882. The van der Waals surface area contributed by atoms with Gasteiger partial charge in [0.25, 0.3) is 11.8 Å². The molecule has 138 valence electrons. The summed E-state index contributed by atoms with van der Waals surface area (Å²) < 4.78 is 5.10. The van der Waals surface area contributed by atoms with E-state index in [0.717, 1.165) is 16.2 Å². The van der Waals surface area contributed by atoms with E-state index in [2.05, 4.69) is 11.9 Å². The van der Waals surface area contributed by atoms with E-state index in [-0.39, 0.29) is 18.4 Å². The summed E-state index contributed by atoms with van der Waals surface area (Å²) in [6, 6.07) is 7.17. The average molecular weight is 348 g/mol. The number of nitrogens with zero attached hydrogens (tertiary/aromatic N) is 1. The third-order valence-corrected chi connectivity index (χ3v) is 3.88. The van der Waals surface area contributed by atoms with Gasteiger partial charge >= 0.3 is 0 Å². The van der Waals surface area contributed by atoms with Gasteiger partial charge in [-0.05, 0) is 45.0 Å². The zero-order valence-electron chi connectivity index (χ0n) is 15.7. The molecular weight excluding hydrogens is 318 g/mol. The number of benzene rings is 1. The van der Waals surface area contributed by atoms with Crippen molar-refractivity contribution in [2.24, 2.45) is 0 Å². The highest BCUT2D eigenvalue weighted by atomic mass is 16.5. The lowest BCUT2D eigenvalue weighted by Gasteiger charge is -2.24. The van der Waals surface area contributed by atoms with Crippen molar-refractivity contribution in [3.8, 4) is 5.75 Å². The second kappa shape index (κ2) is 10.5. The van der Waals surface area contributed by atoms with Gasteiger partial charge in [0, 0.05) is 18.8 Å². The van der Waals surface area contributed by atoms with Gasteiger partial charge in [-0.1, -0.05) is 12.2 Å². The summed E-state index contributed by atoms with van der Waals surface area (Å²) >= 11 is 0. The summed E-state index contributed by atoms with van der Waals surface area (Å²) in [5.41, 5.74) is 1.66. The number of nitrogens with one attached hydrogen (secondary N) is 2. The van der Waals surface area contributed by atoms with Crippen LogP contribution in [0.15, 0.2) is 36.4 Å². The molecule has 0 saturated carbocycles. The van der Waals surface area contributed by atoms with Gasteiger partial charge in [-0.3, -0.25) is 9.59 Å². The number of amides is 2. The first-order valence-electron chi connectivity index (χ1n) is 8.59. The van der Waals surface area contributed by atoms with Crippen LogP contribution in [0.5, 0.6) is 5.75 Å². The lowest BCUT2D eigenvalue weighted by Crippen LogP contribution is -3.14. The Labute approximate surface area is 150 Å². The van der Waals surface area contributed by atoms with Gasteiger partial charge in [-0.25, -0.2) is 0 Å². The SMILES string of the molecule is C=C(C)CN(CC)C(=O)C[NH+](CC)CC(=O)Nc1ccc(OC)cc1. The molecule has 0 heterocycles. The summed E-state index contributed by atoms with van der Waals surface area (Å²) in [5, 5.41) is 2.85. The van der Waals surface area contributed by atoms with Crippen LogP contribution in [-0.2, 0) is 9.59 Å². The fraction of sp³-hybridized carbons (Fsp3) is 0.474. The van der Waals surface area contributed by atoms with Crippen LogP contribution in [0.3, 0.4) is 0 Å². The first-order valence-corrected chi connectivity index (χ1v) is 8.59. The molecule has 0 aliphatic carbocycles. The van der Waals surface area contributed by atoms with E-state index in [4.69, 9.17) is 4.74 Å². The van der Waals surface area contributed by atoms with Crippen molar-refractivity contribution in [2.45, 2.75) is 20.8 Å². The fourth-order valence-corrected chi connectivity index (χ4v) is 2.45. The molecule has 0 saturated heterocycles. The molecule has 0 spiro atoms. The average Bonchev–Trinajstić information content (AvgIpc) is 2.59. The number of likely N-dealkylation sites (N-methyl/N-ethyl adjacent to an activating group) is 2. The fourth-order valence-electron chi connectivity index (χ4n) is 2.45. The molecule has 1 aromatic rings. The molecule has 1 aromatic carbocycles. The summed E-state index contributed by atoms with van der Waals surface area (Å²) in [5.74, 6) is 0.666. The predicted molar refractivity (Wildman–Crippen MR) is 99.9 cm³/mol. The van der Waals surface area contributed by atoms with Gasteiger partial charge in [0.1, 0.15) is 5.75 Å². The van der Waals surface area contributed by atoms with Crippen LogP contribution < -0.4 is 15.0 Å². The molecule has 6 nitrogen and oxygen atoms in total.